The van der Waals surface area contributed by atoms with E-state index < -0.39 is 0 Å². The lowest BCUT2D eigenvalue weighted by Crippen LogP contribution is -2.30. The number of nitrogens with zero attached hydrogens (tertiary/aromatic N) is 5. The van der Waals surface area contributed by atoms with Crippen molar-refractivity contribution in [2.24, 2.45) is 0 Å². The summed E-state index contributed by atoms with van der Waals surface area (Å²) in [4.78, 5) is 34.3. The van der Waals surface area contributed by atoms with Gasteiger partial charge in [-0.3, -0.25) is 19.1 Å². The number of fused-ring (bicyclic) bond motifs is 2. The number of thioether (sulfide) groups is 1. The number of nitrogens with one attached hydrogen (secondary N) is 1. The van der Waals surface area contributed by atoms with Gasteiger partial charge in [-0.2, -0.15) is 5.10 Å². The third-order valence-electron chi connectivity index (χ3n) is 5.10. The molecule has 1 atom stereocenters. The van der Waals surface area contributed by atoms with Crippen molar-refractivity contribution in [3.05, 3.63) is 75.9 Å². The van der Waals surface area contributed by atoms with E-state index in [-0.39, 0.29) is 23.9 Å². The van der Waals surface area contributed by atoms with E-state index in [2.05, 4.69) is 20.4 Å². The van der Waals surface area contributed by atoms with Gasteiger partial charge in [-0.1, -0.05) is 23.4 Å². The van der Waals surface area contributed by atoms with Crippen molar-refractivity contribution in [3.8, 4) is 5.69 Å². The molecule has 1 N–H and O–H groups in total. The number of carbonyl (C=O) groups excluding carboxylic acids is 1. The van der Waals surface area contributed by atoms with Crippen LogP contribution in [0.5, 0.6) is 0 Å². The van der Waals surface area contributed by atoms with Gasteiger partial charge in [0.2, 0.25) is 5.91 Å². The van der Waals surface area contributed by atoms with Gasteiger partial charge >= 0.3 is 0 Å². The SMILES string of the molecule is O=C(CC1CSc2nc3c(cnn3-c3ccc(Cl)cc3)c(=O)n21)NCc1ccncc1. The van der Waals surface area contributed by atoms with Gasteiger partial charge in [0.1, 0.15) is 5.39 Å². The van der Waals surface area contributed by atoms with E-state index >= 15 is 0 Å². The zero-order valence-corrected chi connectivity index (χ0v) is 17.8. The largest absolute Gasteiger partial charge is 0.352 e. The zero-order valence-electron chi connectivity index (χ0n) is 16.2. The highest BCUT2D eigenvalue weighted by Crippen LogP contribution is 2.33. The Labute approximate surface area is 186 Å². The lowest BCUT2D eigenvalue weighted by atomic mass is 10.2. The minimum atomic E-state index is -0.249. The first-order valence-corrected chi connectivity index (χ1v) is 11.0. The highest BCUT2D eigenvalue weighted by molar-refractivity contribution is 7.99. The Morgan fingerprint density at radius 1 is 1.19 bits per heavy atom. The minimum Gasteiger partial charge on any atom is -0.352 e. The molecule has 3 aromatic heterocycles. The molecule has 1 aliphatic rings. The number of benzene rings is 1. The van der Waals surface area contributed by atoms with E-state index in [9.17, 15) is 9.59 Å². The smallest absolute Gasteiger partial charge is 0.265 e. The fourth-order valence-corrected chi connectivity index (χ4v) is 4.80. The molecule has 156 valence electrons. The van der Waals surface area contributed by atoms with Gasteiger partial charge in [-0.05, 0) is 42.0 Å². The van der Waals surface area contributed by atoms with Gasteiger partial charge in [-0.15, -0.1) is 0 Å². The molecule has 0 radical (unpaired) electrons. The number of amides is 1. The van der Waals surface area contributed by atoms with Crippen LogP contribution < -0.4 is 10.9 Å². The molecule has 1 aromatic carbocycles. The Kier molecular flexibility index (Phi) is 5.21. The van der Waals surface area contributed by atoms with Gasteiger partial charge in [0.15, 0.2) is 10.8 Å². The molecule has 0 spiro atoms. The summed E-state index contributed by atoms with van der Waals surface area (Å²) in [5.74, 6) is 0.505. The summed E-state index contributed by atoms with van der Waals surface area (Å²) in [5.41, 5.74) is 2.05. The number of rotatable bonds is 5. The third-order valence-corrected chi connectivity index (χ3v) is 6.45. The maximum absolute atomic E-state index is 13.2. The molecule has 1 unspecified atom stereocenters. The fourth-order valence-electron chi connectivity index (χ4n) is 3.54. The van der Waals surface area contributed by atoms with Crippen LogP contribution in [0.1, 0.15) is 18.0 Å². The van der Waals surface area contributed by atoms with Crippen molar-refractivity contribution in [2.45, 2.75) is 24.2 Å². The van der Waals surface area contributed by atoms with Crippen molar-refractivity contribution in [1.29, 1.82) is 0 Å². The van der Waals surface area contributed by atoms with Crippen LogP contribution in [-0.4, -0.2) is 36.0 Å². The van der Waals surface area contributed by atoms with Crippen LogP contribution in [0.25, 0.3) is 16.7 Å². The molecule has 0 fully saturated rings. The van der Waals surface area contributed by atoms with Crippen LogP contribution in [0.2, 0.25) is 5.02 Å². The fraction of sp³-hybridized carbons (Fsp3) is 0.190. The Morgan fingerprint density at radius 2 is 1.97 bits per heavy atom. The maximum atomic E-state index is 13.2. The number of hydrogen-bond donors (Lipinski definition) is 1. The monoisotopic (exact) mass is 452 g/mol. The van der Waals surface area contributed by atoms with Gasteiger partial charge in [0.05, 0.1) is 17.9 Å². The summed E-state index contributed by atoms with van der Waals surface area (Å²) in [7, 11) is 0. The van der Waals surface area contributed by atoms with Gasteiger partial charge in [0, 0.05) is 36.1 Å². The molecule has 0 saturated carbocycles. The first kappa shape index (κ1) is 19.8. The Bertz CT molecular complexity index is 1320. The predicted octanol–water partition coefficient (Wildman–Crippen LogP) is 2.98. The molecule has 0 bridgehead atoms. The summed E-state index contributed by atoms with van der Waals surface area (Å²) < 4.78 is 3.25. The Balaban J connectivity index is 1.39. The predicted molar refractivity (Wildman–Crippen MR) is 119 cm³/mol. The lowest BCUT2D eigenvalue weighted by Gasteiger charge is -2.13. The van der Waals surface area contributed by atoms with E-state index in [1.54, 1.807) is 33.8 Å². The summed E-state index contributed by atoms with van der Waals surface area (Å²) in [6.07, 6.45) is 5.11. The maximum Gasteiger partial charge on any atom is 0.265 e. The molecule has 31 heavy (non-hydrogen) atoms. The first-order chi connectivity index (χ1) is 15.1. The van der Waals surface area contributed by atoms with Crippen molar-refractivity contribution >= 4 is 40.3 Å². The van der Waals surface area contributed by atoms with Crippen molar-refractivity contribution in [2.75, 3.05) is 5.75 Å². The summed E-state index contributed by atoms with van der Waals surface area (Å²) in [6, 6.07) is 10.6. The molecule has 1 amide bonds. The molecule has 5 rings (SSSR count). The van der Waals surface area contributed by atoms with Crippen molar-refractivity contribution in [1.82, 2.24) is 29.6 Å². The average molecular weight is 453 g/mol. The lowest BCUT2D eigenvalue weighted by molar-refractivity contribution is -0.121. The number of halogens is 1. The van der Waals surface area contributed by atoms with Gasteiger partial charge in [0.25, 0.3) is 5.56 Å². The highest BCUT2D eigenvalue weighted by atomic mass is 35.5. The highest BCUT2D eigenvalue weighted by Gasteiger charge is 2.29. The topological polar surface area (TPSA) is 94.7 Å². The molecule has 4 aromatic rings. The van der Waals surface area contributed by atoms with E-state index in [0.717, 1.165) is 11.3 Å². The Morgan fingerprint density at radius 3 is 2.74 bits per heavy atom. The molecular weight excluding hydrogens is 436 g/mol. The molecule has 0 aliphatic carbocycles. The number of hydrogen-bond acceptors (Lipinski definition) is 6. The van der Waals surface area contributed by atoms with E-state index in [4.69, 9.17) is 11.6 Å². The molecule has 4 heterocycles. The minimum absolute atomic E-state index is 0.112. The average Bonchev–Trinajstić information content (AvgIpc) is 3.39. The van der Waals surface area contributed by atoms with E-state index in [1.165, 1.54) is 18.0 Å². The van der Waals surface area contributed by atoms with Gasteiger partial charge in [-0.25, -0.2) is 9.67 Å². The summed E-state index contributed by atoms with van der Waals surface area (Å²) >= 11 is 7.44. The second kappa shape index (κ2) is 8.16. The second-order valence-corrected chi connectivity index (χ2v) is 8.56. The van der Waals surface area contributed by atoms with Crippen molar-refractivity contribution in [3.63, 3.8) is 0 Å². The van der Waals surface area contributed by atoms with Crippen LogP contribution >= 0.6 is 23.4 Å². The molecule has 1 aliphatic heterocycles. The first-order valence-electron chi connectivity index (χ1n) is 9.65. The Hall–Kier alpha value is -3.17. The van der Waals surface area contributed by atoms with Crippen LogP contribution in [0.4, 0.5) is 0 Å². The van der Waals surface area contributed by atoms with Crippen LogP contribution in [0.3, 0.4) is 0 Å². The number of pyridine rings is 1. The third kappa shape index (κ3) is 3.82. The van der Waals surface area contributed by atoms with E-state index in [0.29, 0.717) is 33.5 Å². The zero-order chi connectivity index (χ0) is 21.4. The molecule has 0 saturated heterocycles. The molecule has 8 nitrogen and oxygen atoms in total. The summed E-state index contributed by atoms with van der Waals surface area (Å²) in [5, 5.41) is 8.89. The quantitative estimate of drug-likeness (QED) is 0.468. The number of carbonyl (C=O) groups is 1. The molecular formula is C21H17ClN6O2S. The normalized spacial score (nSPS) is 15.2. The van der Waals surface area contributed by atoms with Crippen molar-refractivity contribution < 1.29 is 4.79 Å². The summed E-state index contributed by atoms with van der Waals surface area (Å²) in [6.45, 7) is 0.425. The van der Waals surface area contributed by atoms with Gasteiger partial charge < -0.3 is 5.32 Å². The van der Waals surface area contributed by atoms with Crippen LogP contribution in [-0.2, 0) is 11.3 Å². The number of aromatic nitrogens is 5. The standard InChI is InChI=1S/C21H17ClN6O2S/c22-14-1-3-15(4-2-14)28-19-17(11-25-28)20(30)27-16(12-31-21(27)26-19)9-18(29)24-10-13-5-7-23-8-6-13/h1-8,11,16H,9-10,12H2,(H,24,29). The van der Waals surface area contributed by atoms with E-state index in [1.807, 2.05) is 24.3 Å². The van der Waals surface area contributed by atoms with Crippen LogP contribution in [0, 0.1) is 0 Å². The second-order valence-electron chi connectivity index (χ2n) is 7.14. The van der Waals surface area contributed by atoms with Crippen LogP contribution in [0.15, 0.2) is 64.9 Å². The molecule has 10 heteroatoms.